The summed E-state index contributed by atoms with van der Waals surface area (Å²) in [4.78, 5) is 24.4. The van der Waals surface area contributed by atoms with Gasteiger partial charge in [-0.1, -0.05) is 24.3 Å². The van der Waals surface area contributed by atoms with Crippen LogP contribution in [-0.2, 0) is 7.05 Å². The molecule has 0 unspecified atom stereocenters. The number of rotatable bonds is 2. The molecule has 0 amide bonds. The molecule has 0 radical (unpaired) electrons. The number of carbonyl (C=O) groups excluding carboxylic acids is 1. The second-order valence-electron chi connectivity index (χ2n) is 4.91. The van der Waals surface area contributed by atoms with Gasteiger partial charge in [0.25, 0.3) is 5.78 Å². The number of benzene rings is 2. The molecular weight excluding hydrogens is 264 g/mol. The van der Waals surface area contributed by atoms with Crippen LogP contribution in [0.25, 0.3) is 22.1 Å². The van der Waals surface area contributed by atoms with Crippen LogP contribution < -0.4 is 0 Å². The highest BCUT2D eigenvalue weighted by molar-refractivity contribution is 6.07. The van der Waals surface area contributed by atoms with E-state index in [1.165, 1.54) is 0 Å². The van der Waals surface area contributed by atoms with Crippen molar-refractivity contribution >= 4 is 27.9 Å². The molecule has 4 rings (SSSR count). The van der Waals surface area contributed by atoms with Gasteiger partial charge >= 0.3 is 0 Å². The van der Waals surface area contributed by atoms with Crippen molar-refractivity contribution in [1.82, 2.24) is 19.5 Å². The van der Waals surface area contributed by atoms with Gasteiger partial charge in [-0.05, 0) is 24.3 Å². The summed E-state index contributed by atoms with van der Waals surface area (Å²) in [6.45, 7) is 0. The molecule has 1 N–H and O–H groups in total. The maximum atomic E-state index is 12.6. The normalized spacial score (nSPS) is 11.3. The zero-order valence-corrected chi connectivity index (χ0v) is 11.4. The fraction of sp³-hybridized carbons (Fsp3) is 0.0625. The number of carbonyl (C=O) groups is 1. The van der Waals surface area contributed by atoms with Gasteiger partial charge in [-0.25, -0.2) is 9.97 Å². The summed E-state index contributed by atoms with van der Waals surface area (Å²) in [6.07, 6.45) is 0. The lowest BCUT2D eigenvalue weighted by Crippen LogP contribution is -2.10. The first-order chi connectivity index (χ1) is 10.2. The van der Waals surface area contributed by atoms with E-state index < -0.39 is 0 Å². The third kappa shape index (κ3) is 1.74. The van der Waals surface area contributed by atoms with Crippen molar-refractivity contribution in [1.29, 1.82) is 0 Å². The number of imidazole rings is 2. The van der Waals surface area contributed by atoms with Gasteiger partial charge in [-0.15, -0.1) is 0 Å². The van der Waals surface area contributed by atoms with Crippen molar-refractivity contribution in [3.63, 3.8) is 0 Å². The van der Waals surface area contributed by atoms with E-state index in [1.807, 2.05) is 55.6 Å². The van der Waals surface area contributed by atoms with Crippen molar-refractivity contribution in [2.45, 2.75) is 0 Å². The molecule has 0 saturated carbocycles. The molecule has 102 valence electrons. The topological polar surface area (TPSA) is 63.6 Å². The summed E-state index contributed by atoms with van der Waals surface area (Å²) in [6, 6.07) is 15.2. The average Bonchev–Trinajstić information content (AvgIpc) is 3.08. The first kappa shape index (κ1) is 11.8. The van der Waals surface area contributed by atoms with Crippen LogP contribution in [0, 0.1) is 0 Å². The van der Waals surface area contributed by atoms with Crippen molar-refractivity contribution in [2.24, 2.45) is 7.05 Å². The van der Waals surface area contributed by atoms with Gasteiger partial charge in [-0.2, -0.15) is 0 Å². The van der Waals surface area contributed by atoms with E-state index >= 15 is 0 Å². The summed E-state index contributed by atoms with van der Waals surface area (Å²) in [5.74, 6) is 0.495. The van der Waals surface area contributed by atoms with Crippen molar-refractivity contribution in [3.8, 4) is 0 Å². The summed E-state index contributed by atoms with van der Waals surface area (Å²) >= 11 is 0. The molecule has 0 fully saturated rings. The molecule has 0 spiro atoms. The molecule has 5 heteroatoms. The van der Waals surface area contributed by atoms with Crippen LogP contribution in [0.4, 0.5) is 0 Å². The highest BCUT2D eigenvalue weighted by Gasteiger charge is 2.20. The Kier molecular flexibility index (Phi) is 2.41. The molecule has 5 nitrogen and oxygen atoms in total. The molecule has 0 aliphatic carbocycles. The molecule has 2 heterocycles. The SMILES string of the molecule is Cn1c(C(=O)c2nc3ccccc3[nH]2)nc2ccccc21. The Morgan fingerprint density at radius 2 is 1.71 bits per heavy atom. The Labute approximate surface area is 120 Å². The molecule has 2 aromatic heterocycles. The highest BCUT2D eigenvalue weighted by Crippen LogP contribution is 2.17. The third-order valence-corrected chi connectivity index (χ3v) is 3.59. The van der Waals surface area contributed by atoms with Gasteiger partial charge < -0.3 is 9.55 Å². The van der Waals surface area contributed by atoms with Gasteiger partial charge in [-0.3, -0.25) is 4.79 Å². The quantitative estimate of drug-likeness (QED) is 0.572. The number of fused-ring (bicyclic) bond motifs is 2. The Balaban J connectivity index is 1.87. The fourth-order valence-corrected chi connectivity index (χ4v) is 2.51. The smallest absolute Gasteiger partial charge is 0.263 e. The Hall–Kier alpha value is -2.95. The molecule has 0 bridgehead atoms. The lowest BCUT2D eigenvalue weighted by Gasteiger charge is -1.98. The number of H-pyrrole nitrogens is 1. The van der Waals surface area contributed by atoms with Crippen LogP contribution in [0.15, 0.2) is 48.5 Å². The van der Waals surface area contributed by atoms with E-state index in [4.69, 9.17) is 0 Å². The predicted molar refractivity (Wildman–Crippen MR) is 80.2 cm³/mol. The molecular formula is C16H12N4O. The first-order valence-corrected chi connectivity index (χ1v) is 6.65. The number of ketones is 1. The summed E-state index contributed by atoms with van der Waals surface area (Å²) in [7, 11) is 1.84. The Morgan fingerprint density at radius 1 is 1.00 bits per heavy atom. The molecule has 0 atom stereocenters. The molecule has 0 aliphatic rings. The molecule has 4 aromatic rings. The van der Waals surface area contributed by atoms with Crippen molar-refractivity contribution in [3.05, 3.63) is 60.2 Å². The number of nitrogens with one attached hydrogen (secondary N) is 1. The lowest BCUT2D eigenvalue weighted by atomic mass is 10.3. The number of aromatic amines is 1. The number of hydrogen-bond acceptors (Lipinski definition) is 3. The minimum absolute atomic E-state index is 0.204. The van der Waals surface area contributed by atoms with Crippen LogP contribution in [-0.4, -0.2) is 25.3 Å². The van der Waals surface area contributed by atoms with Crippen LogP contribution >= 0.6 is 0 Å². The molecule has 2 aromatic carbocycles. The second kappa shape index (κ2) is 4.28. The summed E-state index contributed by atoms with van der Waals surface area (Å²) in [5, 5.41) is 0. The number of para-hydroxylation sites is 4. The van der Waals surface area contributed by atoms with Gasteiger partial charge in [0.05, 0.1) is 22.1 Å². The number of aromatic nitrogens is 4. The number of hydrogen-bond donors (Lipinski definition) is 1. The van der Waals surface area contributed by atoms with E-state index in [0.29, 0.717) is 11.6 Å². The van der Waals surface area contributed by atoms with Gasteiger partial charge in [0.15, 0.2) is 11.6 Å². The van der Waals surface area contributed by atoms with Gasteiger partial charge in [0.1, 0.15) is 0 Å². The van der Waals surface area contributed by atoms with E-state index in [9.17, 15) is 4.79 Å². The second-order valence-corrected chi connectivity index (χ2v) is 4.91. The van der Waals surface area contributed by atoms with Crippen LogP contribution in [0.1, 0.15) is 16.4 Å². The lowest BCUT2D eigenvalue weighted by molar-refractivity contribution is 0.101. The summed E-state index contributed by atoms with van der Waals surface area (Å²) < 4.78 is 1.80. The Bertz CT molecular complexity index is 947. The van der Waals surface area contributed by atoms with Crippen LogP contribution in [0.2, 0.25) is 0 Å². The monoisotopic (exact) mass is 276 g/mol. The van der Waals surface area contributed by atoms with Crippen LogP contribution in [0.3, 0.4) is 0 Å². The minimum atomic E-state index is -0.204. The van der Waals surface area contributed by atoms with Crippen molar-refractivity contribution < 1.29 is 4.79 Å². The van der Waals surface area contributed by atoms with E-state index in [0.717, 1.165) is 22.1 Å². The molecule has 0 saturated heterocycles. The minimum Gasteiger partial charge on any atom is -0.335 e. The Morgan fingerprint density at radius 3 is 2.48 bits per heavy atom. The van der Waals surface area contributed by atoms with Crippen LogP contribution in [0.5, 0.6) is 0 Å². The fourth-order valence-electron chi connectivity index (χ4n) is 2.51. The van der Waals surface area contributed by atoms with E-state index in [2.05, 4.69) is 15.0 Å². The van der Waals surface area contributed by atoms with Gasteiger partial charge in [0.2, 0.25) is 0 Å². The first-order valence-electron chi connectivity index (χ1n) is 6.65. The number of nitrogens with zero attached hydrogens (tertiary/aromatic N) is 3. The molecule has 0 aliphatic heterocycles. The van der Waals surface area contributed by atoms with Crippen molar-refractivity contribution in [2.75, 3.05) is 0 Å². The predicted octanol–water partition coefficient (Wildman–Crippen LogP) is 2.68. The maximum absolute atomic E-state index is 12.6. The number of aryl methyl sites for hydroxylation is 1. The standard InChI is InChI=1S/C16H12N4O/c1-20-13-9-5-4-8-12(13)19-16(20)14(21)15-17-10-6-2-3-7-11(10)18-15/h2-9H,1H3,(H,17,18). The maximum Gasteiger partial charge on any atom is 0.263 e. The molecule has 21 heavy (non-hydrogen) atoms. The summed E-state index contributed by atoms with van der Waals surface area (Å²) in [5.41, 5.74) is 3.36. The zero-order chi connectivity index (χ0) is 14.4. The van der Waals surface area contributed by atoms with E-state index in [1.54, 1.807) is 4.57 Å². The van der Waals surface area contributed by atoms with E-state index in [-0.39, 0.29) is 5.78 Å². The largest absolute Gasteiger partial charge is 0.335 e. The zero-order valence-electron chi connectivity index (χ0n) is 11.4. The third-order valence-electron chi connectivity index (χ3n) is 3.59. The van der Waals surface area contributed by atoms with Gasteiger partial charge in [0, 0.05) is 7.05 Å². The average molecular weight is 276 g/mol. The highest BCUT2D eigenvalue weighted by atomic mass is 16.1.